The zero-order valence-electron chi connectivity index (χ0n) is 17.1. The van der Waals surface area contributed by atoms with Crippen molar-refractivity contribution in [3.63, 3.8) is 0 Å². The van der Waals surface area contributed by atoms with Crippen LogP contribution >= 0.6 is 0 Å². The number of nitrogen functional groups attached to an aromatic ring is 1. The zero-order chi connectivity index (χ0) is 20.3. The fraction of sp³-hybridized carbons (Fsp3) is 0.522. The summed E-state index contributed by atoms with van der Waals surface area (Å²) in [6, 6.07) is 7.47. The second-order valence-electron chi connectivity index (χ2n) is 9.91. The van der Waals surface area contributed by atoms with Crippen LogP contribution in [0.1, 0.15) is 54.7 Å². The highest BCUT2D eigenvalue weighted by Gasteiger charge is 2.50. The molecule has 7 rings (SSSR count). The number of pyridine rings is 1. The van der Waals surface area contributed by atoms with E-state index in [4.69, 9.17) is 5.73 Å². The largest absolute Gasteiger partial charge is 0.382 e. The number of hydrogen-bond acceptors (Lipinski definition) is 4. The van der Waals surface area contributed by atoms with Crippen molar-refractivity contribution in [3.05, 3.63) is 48.0 Å². The highest BCUT2D eigenvalue weighted by molar-refractivity contribution is 5.93. The second kappa shape index (κ2) is 6.59. The third kappa shape index (κ3) is 3.07. The Labute approximate surface area is 175 Å². The summed E-state index contributed by atoms with van der Waals surface area (Å²) in [4.78, 5) is 17.8. The van der Waals surface area contributed by atoms with Gasteiger partial charge in [-0.2, -0.15) is 5.10 Å². The van der Waals surface area contributed by atoms with Gasteiger partial charge in [-0.05, 0) is 79.9 Å². The van der Waals surface area contributed by atoms with Crippen LogP contribution in [-0.4, -0.2) is 31.6 Å². The number of carbonyl (C=O) groups is 1. The molecule has 4 aliphatic rings. The van der Waals surface area contributed by atoms with Gasteiger partial charge < -0.3 is 11.1 Å². The molecule has 4 bridgehead atoms. The number of hydrogen-bond donors (Lipinski definition) is 2. The van der Waals surface area contributed by atoms with Crippen LogP contribution in [0.3, 0.4) is 0 Å². The summed E-state index contributed by atoms with van der Waals surface area (Å²) in [6.45, 7) is 1.33. The van der Waals surface area contributed by atoms with E-state index in [1.807, 2.05) is 35.0 Å². The lowest BCUT2D eigenvalue weighted by Crippen LogP contribution is -2.51. The molecule has 4 saturated carbocycles. The molecule has 0 radical (unpaired) electrons. The molecule has 7 nitrogen and oxygen atoms in total. The molecular formula is C23H28N6O. The third-order valence-electron chi connectivity index (χ3n) is 7.55. The van der Waals surface area contributed by atoms with Crippen molar-refractivity contribution in [2.24, 2.45) is 23.2 Å². The molecule has 7 heteroatoms. The summed E-state index contributed by atoms with van der Waals surface area (Å²) >= 11 is 0. The van der Waals surface area contributed by atoms with Gasteiger partial charge in [0.15, 0.2) is 0 Å². The Morgan fingerprint density at radius 2 is 1.87 bits per heavy atom. The van der Waals surface area contributed by atoms with E-state index in [1.54, 1.807) is 10.7 Å². The number of carbonyl (C=O) groups excluding carboxylic acids is 1. The van der Waals surface area contributed by atoms with Crippen LogP contribution in [0.15, 0.2) is 36.7 Å². The molecule has 3 N–H and O–H groups in total. The quantitative estimate of drug-likeness (QED) is 0.684. The fourth-order valence-corrected chi connectivity index (χ4v) is 6.82. The van der Waals surface area contributed by atoms with Crippen molar-refractivity contribution in [2.45, 2.75) is 45.1 Å². The van der Waals surface area contributed by atoms with Crippen molar-refractivity contribution < 1.29 is 4.79 Å². The monoisotopic (exact) mass is 404 g/mol. The number of aromatic nitrogens is 4. The molecule has 1 amide bonds. The topological polar surface area (TPSA) is 90.2 Å². The van der Waals surface area contributed by atoms with E-state index in [0.717, 1.165) is 35.6 Å². The first-order valence-electron chi connectivity index (χ1n) is 11.1. The standard InChI is InChI=1S/C23H28N6O/c24-20-4-5-28(27-20)12-18-13-29-19(2-1-3-21(29)26-18)22(30)25-14-23-9-15-6-16(10-23)8-17(7-15)11-23/h1-5,13,15-17H,6-12,14H2,(H2,24,27)(H,25,30). The summed E-state index contributed by atoms with van der Waals surface area (Å²) in [6.07, 6.45) is 11.9. The van der Waals surface area contributed by atoms with Crippen molar-refractivity contribution in [2.75, 3.05) is 12.3 Å². The summed E-state index contributed by atoms with van der Waals surface area (Å²) in [5.74, 6) is 3.16. The normalized spacial score (nSPS) is 29.5. The van der Waals surface area contributed by atoms with Gasteiger partial charge in [-0.15, -0.1) is 0 Å². The lowest BCUT2D eigenvalue weighted by atomic mass is 9.49. The average molecular weight is 405 g/mol. The van der Waals surface area contributed by atoms with Gasteiger partial charge in [0.2, 0.25) is 0 Å². The van der Waals surface area contributed by atoms with Crippen LogP contribution in [0.4, 0.5) is 5.82 Å². The highest BCUT2D eigenvalue weighted by Crippen LogP contribution is 2.59. The Morgan fingerprint density at radius 1 is 1.13 bits per heavy atom. The molecule has 3 aromatic rings. The van der Waals surface area contributed by atoms with Gasteiger partial charge in [-0.25, -0.2) is 4.98 Å². The fourth-order valence-electron chi connectivity index (χ4n) is 6.82. The minimum Gasteiger partial charge on any atom is -0.382 e. The molecule has 3 heterocycles. The lowest BCUT2D eigenvalue weighted by Gasteiger charge is -2.56. The van der Waals surface area contributed by atoms with Crippen molar-refractivity contribution in [3.8, 4) is 0 Å². The first-order chi connectivity index (χ1) is 14.6. The van der Waals surface area contributed by atoms with Crippen LogP contribution in [0, 0.1) is 23.2 Å². The summed E-state index contributed by atoms with van der Waals surface area (Å²) < 4.78 is 3.64. The van der Waals surface area contributed by atoms with Crippen molar-refractivity contribution in [1.29, 1.82) is 0 Å². The number of nitrogens with zero attached hydrogens (tertiary/aromatic N) is 4. The molecule has 4 aliphatic carbocycles. The molecule has 0 aromatic carbocycles. The first kappa shape index (κ1) is 18.0. The molecule has 0 unspecified atom stereocenters. The zero-order valence-corrected chi connectivity index (χ0v) is 17.1. The molecule has 0 atom stereocenters. The average Bonchev–Trinajstić information content (AvgIpc) is 3.30. The van der Waals surface area contributed by atoms with Crippen molar-refractivity contribution >= 4 is 17.4 Å². The van der Waals surface area contributed by atoms with Gasteiger partial charge in [0, 0.05) is 18.9 Å². The predicted octanol–water partition coefficient (Wildman–Crippen LogP) is 3.11. The van der Waals surface area contributed by atoms with Crippen LogP contribution < -0.4 is 11.1 Å². The van der Waals surface area contributed by atoms with Crippen LogP contribution in [-0.2, 0) is 6.54 Å². The van der Waals surface area contributed by atoms with Gasteiger partial charge in [-0.1, -0.05) is 6.07 Å². The molecule has 156 valence electrons. The molecule has 30 heavy (non-hydrogen) atoms. The summed E-state index contributed by atoms with van der Waals surface area (Å²) in [5.41, 5.74) is 8.29. The molecule has 0 saturated heterocycles. The number of amides is 1. The Morgan fingerprint density at radius 3 is 2.53 bits per heavy atom. The Hall–Kier alpha value is -2.83. The van der Waals surface area contributed by atoms with E-state index in [2.05, 4.69) is 15.4 Å². The van der Waals surface area contributed by atoms with Gasteiger partial charge in [0.1, 0.15) is 17.2 Å². The number of rotatable bonds is 5. The molecule has 0 spiro atoms. The minimum atomic E-state index is -0.0105. The van der Waals surface area contributed by atoms with Crippen molar-refractivity contribution in [1.82, 2.24) is 24.5 Å². The summed E-state index contributed by atoms with van der Waals surface area (Å²) in [5, 5.41) is 7.51. The first-order valence-corrected chi connectivity index (χ1v) is 11.1. The predicted molar refractivity (Wildman–Crippen MR) is 114 cm³/mol. The number of imidazole rings is 1. The van der Waals surface area contributed by atoms with Gasteiger partial charge in [0.25, 0.3) is 5.91 Å². The SMILES string of the molecule is Nc1ccn(Cc2cn3c(C(=O)NCC45CC6CC(CC(C6)C4)C5)cccc3n2)n1. The smallest absolute Gasteiger partial charge is 0.268 e. The number of nitrogens with one attached hydrogen (secondary N) is 1. The maximum absolute atomic E-state index is 13.1. The van der Waals surface area contributed by atoms with E-state index < -0.39 is 0 Å². The maximum Gasteiger partial charge on any atom is 0.268 e. The second-order valence-corrected chi connectivity index (χ2v) is 9.91. The van der Waals surface area contributed by atoms with Crippen LogP contribution in [0.5, 0.6) is 0 Å². The van der Waals surface area contributed by atoms with Crippen LogP contribution in [0.25, 0.3) is 5.65 Å². The molecular weight excluding hydrogens is 376 g/mol. The molecule has 4 fully saturated rings. The number of anilines is 1. The number of fused-ring (bicyclic) bond motifs is 1. The van der Waals surface area contributed by atoms with E-state index in [-0.39, 0.29) is 5.91 Å². The Balaban J connectivity index is 1.20. The van der Waals surface area contributed by atoms with E-state index >= 15 is 0 Å². The Kier molecular flexibility index (Phi) is 3.95. The molecule has 3 aromatic heterocycles. The van der Waals surface area contributed by atoms with E-state index in [9.17, 15) is 4.79 Å². The molecule has 0 aliphatic heterocycles. The van der Waals surface area contributed by atoms with Gasteiger partial charge in [-0.3, -0.25) is 13.9 Å². The van der Waals surface area contributed by atoms with E-state index in [0.29, 0.717) is 23.5 Å². The van der Waals surface area contributed by atoms with E-state index in [1.165, 1.54) is 38.5 Å². The number of nitrogens with two attached hydrogens (primary N) is 1. The lowest BCUT2D eigenvalue weighted by molar-refractivity contribution is -0.0503. The Bertz CT molecular complexity index is 1080. The van der Waals surface area contributed by atoms with Crippen LogP contribution in [0.2, 0.25) is 0 Å². The van der Waals surface area contributed by atoms with Gasteiger partial charge in [0.05, 0.1) is 12.2 Å². The third-order valence-corrected chi connectivity index (χ3v) is 7.55. The summed E-state index contributed by atoms with van der Waals surface area (Å²) in [7, 11) is 0. The maximum atomic E-state index is 13.1. The minimum absolute atomic E-state index is 0.0105. The highest BCUT2D eigenvalue weighted by atomic mass is 16.1. The van der Waals surface area contributed by atoms with Gasteiger partial charge >= 0.3 is 0 Å².